The summed E-state index contributed by atoms with van der Waals surface area (Å²) in [7, 11) is -2.00. The zero-order valence-electron chi connectivity index (χ0n) is 15.9. The molecular formula is C18H26N4O5S. The van der Waals surface area contributed by atoms with Crippen molar-refractivity contribution in [3.05, 3.63) is 29.3 Å². The highest BCUT2D eigenvalue weighted by atomic mass is 32.2. The van der Waals surface area contributed by atoms with Crippen molar-refractivity contribution in [2.75, 3.05) is 33.4 Å². The van der Waals surface area contributed by atoms with Gasteiger partial charge in [0.2, 0.25) is 15.9 Å². The Morgan fingerprint density at radius 3 is 2.79 bits per heavy atom. The van der Waals surface area contributed by atoms with E-state index in [1.54, 1.807) is 30.2 Å². The number of primary amides is 1. The molecule has 3 N–H and O–H groups in total. The number of carbonyl (C=O) groups excluding carboxylic acids is 2. The number of amides is 3. The van der Waals surface area contributed by atoms with Gasteiger partial charge in [-0.2, -0.15) is 4.31 Å². The number of hydrogen-bond donors (Lipinski definition) is 2. The molecule has 1 saturated heterocycles. The number of benzene rings is 1. The van der Waals surface area contributed by atoms with E-state index in [2.05, 4.69) is 5.32 Å². The van der Waals surface area contributed by atoms with Crippen LogP contribution in [0.1, 0.15) is 24.0 Å². The molecule has 1 atom stereocenters. The van der Waals surface area contributed by atoms with E-state index in [1.165, 1.54) is 4.31 Å². The Labute approximate surface area is 164 Å². The molecule has 2 aliphatic heterocycles. The molecule has 0 spiro atoms. The standard InChI is InChI=1S/C18H26N4O5S/c1-27-12-15-3-2-7-22(15)28(25,26)16-5-4-14-11-21(8-6-13(14)9-16)17(23)10-20-18(19)24/h4-5,9,15H,2-3,6-8,10-12H2,1H3,(H3,19,20,24)/t15-/m1/s1. The fourth-order valence-corrected chi connectivity index (χ4v) is 5.53. The Hall–Kier alpha value is -2.17. The summed E-state index contributed by atoms with van der Waals surface area (Å²) >= 11 is 0. The normalized spacial score (nSPS) is 20.0. The Kier molecular flexibility index (Phi) is 6.21. The van der Waals surface area contributed by atoms with Crippen molar-refractivity contribution in [2.45, 2.75) is 36.7 Å². The summed E-state index contributed by atoms with van der Waals surface area (Å²) in [6, 6.07) is 4.22. The van der Waals surface area contributed by atoms with Gasteiger partial charge in [0.25, 0.3) is 0 Å². The van der Waals surface area contributed by atoms with Crippen molar-refractivity contribution in [3.63, 3.8) is 0 Å². The third kappa shape index (κ3) is 4.29. The molecule has 154 valence electrons. The molecule has 0 unspecified atom stereocenters. The van der Waals surface area contributed by atoms with Crippen LogP contribution in [0.15, 0.2) is 23.1 Å². The van der Waals surface area contributed by atoms with Crippen molar-refractivity contribution in [1.29, 1.82) is 0 Å². The largest absolute Gasteiger partial charge is 0.383 e. The first-order valence-corrected chi connectivity index (χ1v) is 10.7. The molecule has 0 radical (unpaired) electrons. The number of fused-ring (bicyclic) bond motifs is 1. The summed E-state index contributed by atoms with van der Waals surface area (Å²) in [5.74, 6) is -0.222. The lowest BCUT2D eigenvalue weighted by atomic mass is 10.00. The summed E-state index contributed by atoms with van der Waals surface area (Å²) in [6.07, 6.45) is 2.19. The van der Waals surface area contributed by atoms with Crippen molar-refractivity contribution in [1.82, 2.24) is 14.5 Å². The molecule has 10 heteroatoms. The topological polar surface area (TPSA) is 122 Å². The van der Waals surface area contributed by atoms with E-state index in [-0.39, 0.29) is 23.4 Å². The number of nitrogens with zero attached hydrogens (tertiary/aromatic N) is 2. The molecule has 2 aliphatic rings. The summed E-state index contributed by atoms with van der Waals surface area (Å²) in [5.41, 5.74) is 6.83. The predicted molar refractivity (Wildman–Crippen MR) is 102 cm³/mol. The lowest BCUT2D eigenvalue weighted by molar-refractivity contribution is -0.130. The Bertz CT molecular complexity index is 858. The SMILES string of the molecule is COC[C@H]1CCCN1S(=O)(=O)c1ccc2c(c1)CCN(C(=O)CNC(N)=O)C2. The Morgan fingerprint density at radius 1 is 1.29 bits per heavy atom. The molecule has 0 aromatic heterocycles. The van der Waals surface area contributed by atoms with Gasteiger partial charge in [-0.25, -0.2) is 13.2 Å². The molecule has 1 fully saturated rings. The predicted octanol–water partition coefficient (Wildman–Crippen LogP) is 0.0391. The Balaban J connectivity index is 1.74. The molecule has 1 aromatic rings. The molecule has 3 rings (SSSR count). The maximum Gasteiger partial charge on any atom is 0.312 e. The highest BCUT2D eigenvalue weighted by Crippen LogP contribution is 2.29. The van der Waals surface area contributed by atoms with Crippen LogP contribution in [-0.4, -0.2) is 69.0 Å². The number of hydrogen-bond acceptors (Lipinski definition) is 5. The minimum atomic E-state index is -3.58. The molecule has 0 aliphatic carbocycles. The van der Waals surface area contributed by atoms with Gasteiger partial charge in [-0.1, -0.05) is 6.07 Å². The van der Waals surface area contributed by atoms with Crippen LogP contribution < -0.4 is 11.1 Å². The van der Waals surface area contributed by atoms with Gasteiger partial charge in [0, 0.05) is 32.8 Å². The number of carbonyl (C=O) groups is 2. The third-order valence-electron chi connectivity index (χ3n) is 5.25. The molecule has 9 nitrogen and oxygen atoms in total. The number of nitrogens with two attached hydrogens (primary N) is 1. The van der Waals surface area contributed by atoms with Gasteiger partial charge in [-0.3, -0.25) is 4.79 Å². The molecule has 1 aromatic carbocycles. The first kappa shape index (κ1) is 20.6. The fraction of sp³-hybridized carbons (Fsp3) is 0.556. The summed E-state index contributed by atoms with van der Waals surface area (Å²) in [6.45, 7) is 1.59. The van der Waals surface area contributed by atoms with Crippen LogP contribution in [0.4, 0.5) is 4.79 Å². The van der Waals surface area contributed by atoms with E-state index in [9.17, 15) is 18.0 Å². The number of sulfonamides is 1. The van der Waals surface area contributed by atoms with Crippen LogP contribution in [0.5, 0.6) is 0 Å². The highest BCUT2D eigenvalue weighted by Gasteiger charge is 2.35. The molecule has 0 saturated carbocycles. The second-order valence-electron chi connectivity index (χ2n) is 7.08. The van der Waals surface area contributed by atoms with E-state index in [1.807, 2.05) is 0 Å². The van der Waals surface area contributed by atoms with Crippen LogP contribution in [0, 0.1) is 0 Å². The van der Waals surface area contributed by atoms with Crippen molar-refractivity contribution in [2.24, 2.45) is 5.73 Å². The minimum Gasteiger partial charge on any atom is -0.383 e. The first-order chi connectivity index (χ1) is 13.3. The molecular weight excluding hydrogens is 384 g/mol. The number of urea groups is 1. The lowest BCUT2D eigenvalue weighted by Crippen LogP contribution is -2.43. The number of rotatable bonds is 6. The molecule has 28 heavy (non-hydrogen) atoms. The highest BCUT2D eigenvalue weighted by molar-refractivity contribution is 7.89. The summed E-state index contributed by atoms with van der Waals surface area (Å²) in [4.78, 5) is 24.8. The monoisotopic (exact) mass is 410 g/mol. The number of nitrogens with one attached hydrogen (secondary N) is 1. The smallest absolute Gasteiger partial charge is 0.312 e. The summed E-state index contributed by atoms with van der Waals surface area (Å²) < 4.78 is 32.9. The maximum absolute atomic E-state index is 13.1. The minimum absolute atomic E-state index is 0.128. The van der Waals surface area contributed by atoms with Crippen molar-refractivity contribution in [3.8, 4) is 0 Å². The van der Waals surface area contributed by atoms with Crippen LogP contribution in [0.3, 0.4) is 0 Å². The van der Waals surface area contributed by atoms with Crippen LogP contribution in [0.2, 0.25) is 0 Å². The first-order valence-electron chi connectivity index (χ1n) is 9.26. The lowest BCUT2D eigenvalue weighted by Gasteiger charge is -2.30. The zero-order valence-corrected chi connectivity index (χ0v) is 16.7. The van der Waals surface area contributed by atoms with E-state index in [4.69, 9.17) is 10.5 Å². The average molecular weight is 410 g/mol. The van der Waals surface area contributed by atoms with Gasteiger partial charge >= 0.3 is 6.03 Å². The van der Waals surface area contributed by atoms with E-state index >= 15 is 0 Å². The maximum atomic E-state index is 13.1. The number of ether oxygens (including phenoxy) is 1. The average Bonchev–Trinajstić information content (AvgIpc) is 3.14. The second kappa shape index (κ2) is 8.46. The van der Waals surface area contributed by atoms with Gasteiger partial charge in [0.15, 0.2) is 0 Å². The quantitative estimate of drug-likeness (QED) is 0.686. The molecule has 0 bridgehead atoms. The van der Waals surface area contributed by atoms with Crippen LogP contribution >= 0.6 is 0 Å². The number of methoxy groups -OCH3 is 1. The van der Waals surface area contributed by atoms with E-state index < -0.39 is 16.1 Å². The van der Waals surface area contributed by atoms with Gasteiger partial charge in [0.1, 0.15) is 0 Å². The third-order valence-corrected chi connectivity index (χ3v) is 7.19. The zero-order chi connectivity index (χ0) is 20.3. The molecule has 3 amide bonds. The van der Waals surface area contributed by atoms with Gasteiger partial charge < -0.3 is 20.7 Å². The van der Waals surface area contributed by atoms with Crippen molar-refractivity contribution < 1.29 is 22.7 Å². The van der Waals surface area contributed by atoms with Crippen LogP contribution in [-0.2, 0) is 32.5 Å². The summed E-state index contributed by atoms with van der Waals surface area (Å²) in [5, 5.41) is 2.29. The molecule has 2 heterocycles. The van der Waals surface area contributed by atoms with Crippen LogP contribution in [0.25, 0.3) is 0 Å². The van der Waals surface area contributed by atoms with Gasteiger partial charge in [-0.05, 0) is 42.5 Å². The van der Waals surface area contributed by atoms with Crippen molar-refractivity contribution >= 4 is 22.0 Å². The van der Waals surface area contributed by atoms with E-state index in [0.29, 0.717) is 32.7 Å². The van der Waals surface area contributed by atoms with E-state index in [0.717, 1.165) is 24.0 Å². The second-order valence-corrected chi connectivity index (χ2v) is 8.97. The van der Waals surface area contributed by atoms with Gasteiger partial charge in [0.05, 0.1) is 18.0 Å². The van der Waals surface area contributed by atoms with Gasteiger partial charge in [-0.15, -0.1) is 0 Å². The Morgan fingerprint density at radius 2 is 2.07 bits per heavy atom. The fourth-order valence-electron chi connectivity index (χ4n) is 3.80.